The SMILES string of the molecule is COc1cccc(OC)c1C(=O)Nc1ccc(SC(C(=O)Nc2ccc3c(c2)OCCO3)c2ccccc2)cc1. The van der Waals surface area contributed by atoms with Gasteiger partial charge in [0.15, 0.2) is 11.5 Å². The Kier molecular flexibility index (Phi) is 8.41. The van der Waals surface area contributed by atoms with Crippen LogP contribution in [0.3, 0.4) is 0 Å². The van der Waals surface area contributed by atoms with Gasteiger partial charge in [-0.05, 0) is 54.1 Å². The fourth-order valence-corrected chi connectivity index (χ4v) is 5.28. The van der Waals surface area contributed by atoms with Gasteiger partial charge in [0, 0.05) is 22.3 Å². The molecule has 1 aliphatic heterocycles. The molecule has 8 nitrogen and oxygen atoms in total. The minimum absolute atomic E-state index is 0.173. The number of thioether (sulfide) groups is 1. The first-order chi connectivity index (χ1) is 19.6. The van der Waals surface area contributed by atoms with Crippen molar-refractivity contribution < 1.29 is 28.5 Å². The van der Waals surface area contributed by atoms with Gasteiger partial charge >= 0.3 is 0 Å². The number of carbonyl (C=O) groups is 2. The molecule has 1 heterocycles. The summed E-state index contributed by atoms with van der Waals surface area (Å²) in [5, 5.41) is 5.38. The molecule has 0 aliphatic carbocycles. The third kappa shape index (κ3) is 6.16. The second kappa shape index (κ2) is 12.5. The van der Waals surface area contributed by atoms with Gasteiger partial charge in [-0.2, -0.15) is 0 Å². The molecule has 40 heavy (non-hydrogen) atoms. The average Bonchev–Trinajstić information content (AvgIpc) is 3.00. The molecular weight excluding hydrogens is 528 g/mol. The Bertz CT molecular complexity index is 1470. The van der Waals surface area contributed by atoms with Crippen molar-refractivity contribution in [1.82, 2.24) is 0 Å². The lowest BCUT2D eigenvalue weighted by Gasteiger charge is -2.20. The zero-order valence-corrected chi connectivity index (χ0v) is 22.8. The maximum absolute atomic E-state index is 13.5. The Morgan fingerprint density at radius 3 is 2.08 bits per heavy atom. The number of methoxy groups -OCH3 is 2. The van der Waals surface area contributed by atoms with Crippen LogP contribution in [-0.4, -0.2) is 39.2 Å². The smallest absolute Gasteiger partial charge is 0.263 e. The van der Waals surface area contributed by atoms with Crippen LogP contribution in [-0.2, 0) is 4.79 Å². The van der Waals surface area contributed by atoms with E-state index in [-0.39, 0.29) is 11.8 Å². The van der Waals surface area contributed by atoms with Gasteiger partial charge in [0.1, 0.15) is 35.5 Å². The van der Waals surface area contributed by atoms with Crippen LogP contribution >= 0.6 is 11.8 Å². The van der Waals surface area contributed by atoms with Crippen LogP contribution in [0.15, 0.2) is 95.9 Å². The largest absolute Gasteiger partial charge is 0.496 e. The summed E-state index contributed by atoms with van der Waals surface area (Å²) in [6.45, 7) is 0.971. The number of amides is 2. The van der Waals surface area contributed by atoms with Gasteiger partial charge in [-0.25, -0.2) is 0 Å². The molecule has 4 aromatic carbocycles. The molecule has 0 spiro atoms. The van der Waals surface area contributed by atoms with Crippen molar-refractivity contribution in [1.29, 1.82) is 0 Å². The van der Waals surface area contributed by atoms with Crippen LogP contribution in [0.5, 0.6) is 23.0 Å². The molecule has 5 rings (SSSR count). The standard InChI is InChI=1S/C31H28N2O6S/c1-36-25-9-6-10-26(37-2)28(25)30(34)32-21-11-14-23(15-12-21)40-29(20-7-4-3-5-8-20)31(35)33-22-13-16-24-27(19-22)39-18-17-38-24/h3-16,19,29H,17-18H2,1-2H3,(H,32,34)(H,33,35). The normalized spacial score (nSPS) is 12.7. The molecule has 9 heteroatoms. The van der Waals surface area contributed by atoms with E-state index in [0.717, 1.165) is 10.5 Å². The summed E-state index contributed by atoms with van der Waals surface area (Å²) in [4.78, 5) is 27.4. The number of anilines is 2. The number of carbonyl (C=O) groups excluding carboxylic acids is 2. The zero-order chi connectivity index (χ0) is 27.9. The van der Waals surface area contributed by atoms with E-state index in [2.05, 4.69) is 10.6 Å². The first-order valence-corrected chi connectivity index (χ1v) is 13.5. The molecule has 0 saturated heterocycles. The quantitative estimate of drug-likeness (QED) is 0.237. The predicted octanol–water partition coefficient (Wildman–Crippen LogP) is 6.20. The minimum Gasteiger partial charge on any atom is -0.496 e. The fourth-order valence-electron chi connectivity index (χ4n) is 4.25. The van der Waals surface area contributed by atoms with Crippen molar-refractivity contribution >= 4 is 35.0 Å². The number of hydrogen-bond acceptors (Lipinski definition) is 7. The molecule has 2 amide bonds. The number of fused-ring (bicyclic) bond motifs is 1. The van der Waals surface area contributed by atoms with Gasteiger partial charge in [-0.15, -0.1) is 11.8 Å². The van der Waals surface area contributed by atoms with Crippen molar-refractivity contribution in [2.75, 3.05) is 38.1 Å². The summed E-state index contributed by atoms with van der Waals surface area (Å²) >= 11 is 1.41. The lowest BCUT2D eigenvalue weighted by molar-refractivity contribution is -0.115. The van der Waals surface area contributed by atoms with Crippen LogP contribution in [0.25, 0.3) is 0 Å². The monoisotopic (exact) mass is 556 g/mol. The molecule has 0 aromatic heterocycles. The van der Waals surface area contributed by atoms with Crippen molar-refractivity contribution in [3.05, 3.63) is 102 Å². The van der Waals surface area contributed by atoms with Crippen molar-refractivity contribution in [2.24, 2.45) is 0 Å². The third-order valence-corrected chi connectivity index (χ3v) is 7.44. The summed E-state index contributed by atoms with van der Waals surface area (Å²) in [5.74, 6) is 1.58. The molecule has 1 atom stereocenters. The highest BCUT2D eigenvalue weighted by Gasteiger charge is 2.24. The van der Waals surface area contributed by atoms with Crippen molar-refractivity contribution in [3.8, 4) is 23.0 Å². The number of rotatable bonds is 9. The topological polar surface area (TPSA) is 95.1 Å². The van der Waals surface area contributed by atoms with Crippen molar-refractivity contribution in [2.45, 2.75) is 10.1 Å². The summed E-state index contributed by atoms with van der Waals surface area (Å²) < 4.78 is 21.9. The lowest BCUT2D eigenvalue weighted by Crippen LogP contribution is -2.20. The first kappa shape index (κ1) is 27.0. The number of ether oxygens (including phenoxy) is 4. The van der Waals surface area contributed by atoms with E-state index in [9.17, 15) is 9.59 Å². The Morgan fingerprint density at radius 1 is 0.750 bits per heavy atom. The highest BCUT2D eigenvalue weighted by atomic mass is 32.2. The van der Waals surface area contributed by atoms with Gasteiger partial charge in [-0.3, -0.25) is 9.59 Å². The lowest BCUT2D eigenvalue weighted by atomic mass is 10.1. The van der Waals surface area contributed by atoms with E-state index in [1.807, 2.05) is 42.5 Å². The van der Waals surface area contributed by atoms with Gasteiger partial charge < -0.3 is 29.6 Å². The number of benzene rings is 4. The van der Waals surface area contributed by atoms with Gasteiger partial charge in [-0.1, -0.05) is 36.4 Å². The second-order valence-corrected chi connectivity index (χ2v) is 9.95. The Hall–Kier alpha value is -4.63. The van der Waals surface area contributed by atoms with Crippen LogP contribution in [0.1, 0.15) is 21.2 Å². The fraction of sp³-hybridized carbons (Fsp3) is 0.161. The summed E-state index contributed by atoms with van der Waals surface area (Å²) in [5.41, 5.74) is 2.40. The van der Waals surface area contributed by atoms with E-state index in [4.69, 9.17) is 18.9 Å². The second-order valence-electron chi connectivity index (χ2n) is 8.77. The Labute approximate surface area is 236 Å². The molecule has 4 aromatic rings. The minimum atomic E-state index is -0.521. The van der Waals surface area contributed by atoms with Crippen LogP contribution in [0.4, 0.5) is 11.4 Å². The van der Waals surface area contributed by atoms with E-state index in [1.54, 1.807) is 48.5 Å². The summed E-state index contributed by atoms with van der Waals surface area (Å²) in [6, 6.07) is 27.4. The number of hydrogen-bond donors (Lipinski definition) is 2. The van der Waals surface area contributed by atoms with Crippen LogP contribution in [0.2, 0.25) is 0 Å². The summed E-state index contributed by atoms with van der Waals surface area (Å²) in [6.07, 6.45) is 0. The highest BCUT2D eigenvalue weighted by Crippen LogP contribution is 2.38. The van der Waals surface area contributed by atoms with E-state index < -0.39 is 5.25 Å². The molecule has 1 unspecified atom stereocenters. The molecule has 204 valence electrons. The highest BCUT2D eigenvalue weighted by molar-refractivity contribution is 8.00. The molecule has 0 saturated carbocycles. The van der Waals surface area contributed by atoms with E-state index >= 15 is 0 Å². The average molecular weight is 557 g/mol. The Morgan fingerprint density at radius 2 is 1.40 bits per heavy atom. The zero-order valence-electron chi connectivity index (χ0n) is 22.0. The van der Waals surface area contributed by atoms with Crippen LogP contribution in [0, 0.1) is 0 Å². The first-order valence-electron chi connectivity index (χ1n) is 12.6. The van der Waals surface area contributed by atoms with Crippen molar-refractivity contribution in [3.63, 3.8) is 0 Å². The number of nitrogens with one attached hydrogen (secondary N) is 2. The van der Waals surface area contributed by atoms with E-state index in [0.29, 0.717) is 53.2 Å². The molecule has 2 N–H and O–H groups in total. The predicted molar refractivity (Wildman–Crippen MR) is 155 cm³/mol. The Balaban J connectivity index is 1.31. The maximum atomic E-state index is 13.5. The molecule has 1 aliphatic rings. The molecular formula is C31H28N2O6S. The molecule has 0 bridgehead atoms. The van der Waals surface area contributed by atoms with E-state index in [1.165, 1.54) is 26.0 Å². The van der Waals surface area contributed by atoms with Crippen LogP contribution < -0.4 is 29.6 Å². The maximum Gasteiger partial charge on any atom is 0.263 e. The molecule has 0 fully saturated rings. The van der Waals surface area contributed by atoms with Gasteiger partial charge in [0.25, 0.3) is 5.91 Å². The summed E-state index contributed by atoms with van der Waals surface area (Å²) in [7, 11) is 3.01. The molecule has 0 radical (unpaired) electrons. The van der Waals surface area contributed by atoms with Gasteiger partial charge in [0.2, 0.25) is 5.91 Å². The van der Waals surface area contributed by atoms with Gasteiger partial charge in [0.05, 0.1) is 14.2 Å². The third-order valence-electron chi connectivity index (χ3n) is 6.17.